The molecule has 0 saturated carbocycles. The number of para-hydroxylation sites is 1. The van der Waals surface area contributed by atoms with Crippen molar-refractivity contribution < 1.29 is 19.1 Å². The van der Waals surface area contributed by atoms with Crippen LogP contribution in [0.15, 0.2) is 29.4 Å². The van der Waals surface area contributed by atoms with Crippen LogP contribution in [0.4, 0.5) is 5.69 Å². The zero-order valence-corrected chi connectivity index (χ0v) is 11.8. The second kappa shape index (κ2) is 7.93. The van der Waals surface area contributed by atoms with Crippen molar-refractivity contribution in [2.45, 2.75) is 20.8 Å². The van der Waals surface area contributed by atoms with E-state index in [2.05, 4.69) is 10.5 Å². The molecule has 6 heteroatoms. The molecule has 0 aliphatic carbocycles. The Morgan fingerprint density at radius 1 is 1.15 bits per heavy atom. The lowest BCUT2D eigenvalue weighted by Crippen LogP contribution is -2.16. The van der Waals surface area contributed by atoms with Crippen molar-refractivity contribution in [2.75, 3.05) is 18.6 Å². The van der Waals surface area contributed by atoms with E-state index in [1.165, 1.54) is 6.92 Å². The van der Waals surface area contributed by atoms with E-state index in [9.17, 15) is 9.59 Å². The van der Waals surface area contributed by atoms with Crippen molar-refractivity contribution in [3.63, 3.8) is 0 Å². The first-order valence-corrected chi connectivity index (χ1v) is 6.33. The number of hydrazone groups is 1. The summed E-state index contributed by atoms with van der Waals surface area (Å²) < 4.78 is 9.75. The van der Waals surface area contributed by atoms with Crippen LogP contribution >= 0.6 is 0 Å². The van der Waals surface area contributed by atoms with Crippen LogP contribution < -0.4 is 5.43 Å². The van der Waals surface area contributed by atoms with Gasteiger partial charge in [0.25, 0.3) is 0 Å². The molecule has 0 amide bonds. The second-order valence-corrected chi connectivity index (χ2v) is 3.80. The Morgan fingerprint density at radius 2 is 1.80 bits per heavy atom. The van der Waals surface area contributed by atoms with E-state index in [4.69, 9.17) is 9.47 Å². The van der Waals surface area contributed by atoms with Gasteiger partial charge in [0.15, 0.2) is 0 Å². The van der Waals surface area contributed by atoms with Gasteiger partial charge in [-0.05, 0) is 32.9 Å². The molecule has 0 saturated heterocycles. The minimum atomic E-state index is -0.506. The highest BCUT2D eigenvalue weighted by molar-refractivity contribution is 6.35. The second-order valence-electron chi connectivity index (χ2n) is 3.80. The fourth-order valence-corrected chi connectivity index (χ4v) is 1.39. The predicted molar refractivity (Wildman–Crippen MR) is 75.8 cm³/mol. The fourth-order valence-electron chi connectivity index (χ4n) is 1.39. The summed E-state index contributed by atoms with van der Waals surface area (Å²) in [4.78, 5) is 23.1. The van der Waals surface area contributed by atoms with Crippen molar-refractivity contribution >= 4 is 23.3 Å². The third-order valence-electron chi connectivity index (χ3n) is 2.34. The Balaban J connectivity index is 2.85. The summed E-state index contributed by atoms with van der Waals surface area (Å²) in [6, 6.07) is 6.77. The summed E-state index contributed by atoms with van der Waals surface area (Å²) in [5, 5.41) is 3.90. The lowest BCUT2D eigenvalue weighted by molar-refractivity contribution is -0.135. The molecule has 6 nitrogen and oxygen atoms in total. The predicted octanol–water partition coefficient (Wildman–Crippen LogP) is 2.21. The summed E-state index contributed by atoms with van der Waals surface area (Å²) in [6.45, 7) is 5.55. The standard InChI is InChI=1S/C14H18N2O4/c1-4-19-13(17)10(3)15-16-12-9-7-6-8-11(12)14(18)20-5-2/h6-9,16H,4-5H2,1-3H3/b15-10-. The number of hydrogen-bond acceptors (Lipinski definition) is 6. The molecule has 108 valence electrons. The Labute approximate surface area is 117 Å². The van der Waals surface area contributed by atoms with Gasteiger partial charge in [-0.2, -0.15) is 5.10 Å². The molecule has 0 spiro atoms. The van der Waals surface area contributed by atoms with Gasteiger partial charge in [-0.15, -0.1) is 0 Å². The molecule has 1 rings (SSSR count). The molecule has 20 heavy (non-hydrogen) atoms. The number of carbonyl (C=O) groups is 2. The van der Waals surface area contributed by atoms with Gasteiger partial charge in [0, 0.05) is 0 Å². The average molecular weight is 278 g/mol. The first-order chi connectivity index (χ1) is 9.60. The van der Waals surface area contributed by atoms with Gasteiger partial charge in [-0.25, -0.2) is 9.59 Å². The minimum absolute atomic E-state index is 0.172. The summed E-state index contributed by atoms with van der Waals surface area (Å²) in [7, 11) is 0. The lowest BCUT2D eigenvalue weighted by Gasteiger charge is -2.08. The quantitative estimate of drug-likeness (QED) is 0.490. The number of hydrogen-bond donors (Lipinski definition) is 1. The third kappa shape index (κ3) is 4.38. The van der Waals surface area contributed by atoms with Crippen LogP contribution in [0.2, 0.25) is 0 Å². The number of rotatable bonds is 6. The van der Waals surface area contributed by atoms with Gasteiger partial charge in [0.1, 0.15) is 5.71 Å². The number of nitrogens with one attached hydrogen (secondary N) is 1. The molecule has 0 radical (unpaired) electrons. The molecule has 0 aliphatic rings. The van der Waals surface area contributed by atoms with Crippen molar-refractivity contribution in [3.8, 4) is 0 Å². The molecule has 0 aromatic heterocycles. The molecular weight excluding hydrogens is 260 g/mol. The maximum atomic E-state index is 11.7. The molecule has 0 atom stereocenters. The maximum absolute atomic E-state index is 11.7. The largest absolute Gasteiger partial charge is 0.462 e. The maximum Gasteiger partial charge on any atom is 0.354 e. The van der Waals surface area contributed by atoms with E-state index in [0.29, 0.717) is 11.3 Å². The van der Waals surface area contributed by atoms with Crippen LogP contribution in [-0.4, -0.2) is 30.9 Å². The number of nitrogens with zero attached hydrogens (tertiary/aromatic N) is 1. The third-order valence-corrected chi connectivity index (χ3v) is 2.34. The van der Waals surface area contributed by atoms with Crippen molar-refractivity contribution in [1.82, 2.24) is 0 Å². The number of benzene rings is 1. The van der Waals surface area contributed by atoms with Crippen LogP contribution in [0.3, 0.4) is 0 Å². The monoisotopic (exact) mass is 278 g/mol. The van der Waals surface area contributed by atoms with E-state index in [-0.39, 0.29) is 18.9 Å². The van der Waals surface area contributed by atoms with E-state index in [1.807, 2.05) is 0 Å². The first-order valence-electron chi connectivity index (χ1n) is 6.33. The van der Waals surface area contributed by atoms with E-state index < -0.39 is 11.9 Å². The highest BCUT2D eigenvalue weighted by Crippen LogP contribution is 2.16. The average Bonchev–Trinajstić information content (AvgIpc) is 2.45. The van der Waals surface area contributed by atoms with Gasteiger partial charge >= 0.3 is 11.9 Å². The number of carbonyl (C=O) groups excluding carboxylic acids is 2. The highest BCUT2D eigenvalue weighted by Gasteiger charge is 2.12. The molecule has 1 N–H and O–H groups in total. The Kier molecular flexibility index (Phi) is 6.22. The van der Waals surface area contributed by atoms with Crippen molar-refractivity contribution in [2.24, 2.45) is 5.10 Å². The Bertz CT molecular complexity index is 512. The number of esters is 2. The van der Waals surface area contributed by atoms with Crippen LogP contribution in [0, 0.1) is 0 Å². The summed E-state index contributed by atoms with van der Waals surface area (Å²) >= 11 is 0. The summed E-state index contributed by atoms with van der Waals surface area (Å²) in [6.07, 6.45) is 0. The number of ether oxygens (including phenoxy) is 2. The van der Waals surface area contributed by atoms with Crippen molar-refractivity contribution in [3.05, 3.63) is 29.8 Å². The van der Waals surface area contributed by atoms with E-state index in [1.54, 1.807) is 38.1 Å². The van der Waals surface area contributed by atoms with Gasteiger partial charge < -0.3 is 9.47 Å². The Hall–Kier alpha value is -2.37. The molecule has 1 aromatic carbocycles. The van der Waals surface area contributed by atoms with E-state index >= 15 is 0 Å². The Morgan fingerprint density at radius 3 is 2.45 bits per heavy atom. The van der Waals surface area contributed by atoms with Crippen LogP contribution in [-0.2, 0) is 14.3 Å². The normalized spacial score (nSPS) is 10.8. The first kappa shape index (κ1) is 15.7. The van der Waals surface area contributed by atoms with E-state index in [0.717, 1.165) is 0 Å². The smallest absolute Gasteiger partial charge is 0.354 e. The molecule has 0 unspecified atom stereocenters. The van der Waals surface area contributed by atoms with Crippen LogP contribution in [0.25, 0.3) is 0 Å². The number of anilines is 1. The van der Waals surface area contributed by atoms with Crippen molar-refractivity contribution in [1.29, 1.82) is 0 Å². The van der Waals surface area contributed by atoms with Gasteiger partial charge in [0.2, 0.25) is 0 Å². The summed E-state index contributed by atoms with van der Waals surface area (Å²) in [5.41, 5.74) is 3.67. The topological polar surface area (TPSA) is 77.0 Å². The highest BCUT2D eigenvalue weighted by atomic mass is 16.5. The molecule has 0 aliphatic heterocycles. The molecule has 0 heterocycles. The molecule has 0 bridgehead atoms. The molecule has 0 fully saturated rings. The van der Waals surface area contributed by atoms with Crippen LogP contribution in [0.1, 0.15) is 31.1 Å². The SMILES string of the molecule is CCOC(=O)/C(C)=N\Nc1ccccc1C(=O)OCC. The minimum Gasteiger partial charge on any atom is -0.462 e. The summed E-state index contributed by atoms with van der Waals surface area (Å²) in [5.74, 6) is -0.951. The molecular formula is C14H18N2O4. The fraction of sp³-hybridized carbons (Fsp3) is 0.357. The van der Waals surface area contributed by atoms with Crippen LogP contribution in [0.5, 0.6) is 0 Å². The van der Waals surface area contributed by atoms with Gasteiger partial charge in [-0.3, -0.25) is 5.43 Å². The van der Waals surface area contributed by atoms with Gasteiger partial charge in [0.05, 0.1) is 24.5 Å². The molecule has 1 aromatic rings. The zero-order chi connectivity index (χ0) is 15.0. The zero-order valence-electron chi connectivity index (χ0n) is 11.8. The van der Waals surface area contributed by atoms with Gasteiger partial charge in [-0.1, -0.05) is 12.1 Å². The lowest BCUT2D eigenvalue weighted by atomic mass is 10.2.